The molecule has 0 spiro atoms. The van der Waals surface area contributed by atoms with Gasteiger partial charge >= 0.3 is 0 Å². The zero-order chi connectivity index (χ0) is 21.6. The van der Waals surface area contributed by atoms with Gasteiger partial charge < -0.3 is 14.8 Å². The summed E-state index contributed by atoms with van der Waals surface area (Å²) in [5, 5.41) is 2.75. The average Bonchev–Trinajstić information content (AvgIpc) is 2.78. The van der Waals surface area contributed by atoms with Crippen molar-refractivity contribution in [1.29, 1.82) is 0 Å². The van der Waals surface area contributed by atoms with Crippen LogP contribution in [0.1, 0.15) is 35.7 Å². The van der Waals surface area contributed by atoms with Crippen molar-refractivity contribution < 1.29 is 23.9 Å². The first kappa shape index (κ1) is 22.9. The molecule has 3 amide bonds. The third-order valence-electron chi connectivity index (χ3n) is 4.02. The van der Waals surface area contributed by atoms with Gasteiger partial charge in [0.15, 0.2) is 0 Å². The summed E-state index contributed by atoms with van der Waals surface area (Å²) >= 11 is 0. The number of benzene rings is 2. The zero-order valence-corrected chi connectivity index (χ0v) is 17.0. The Morgan fingerprint density at radius 2 is 1.63 bits per heavy atom. The molecule has 2 aromatic rings. The van der Waals surface area contributed by atoms with E-state index in [4.69, 9.17) is 9.47 Å². The monoisotopic (exact) mass is 413 g/mol. The van der Waals surface area contributed by atoms with Gasteiger partial charge in [-0.1, -0.05) is 36.4 Å². The van der Waals surface area contributed by atoms with E-state index < -0.39 is 11.8 Å². The van der Waals surface area contributed by atoms with E-state index in [9.17, 15) is 14.4 Å². The average molecular weight is 413 g/mol. The molecule has 0 saturated carbocycles. The first-order chi connectivity index (χ1) is 14.6. The second-order valence-electron chi connectivity index (χ2n) is 6.34. The molecule has 0 aromatic heterocycles. The molecular formula is C22H27N3O5. The maximum Gasteiger partial charge on any atom is 0.269 e. The summed E-state index contributed by atoms with van der Waals surface area (Å²) in [6.45, 7) is 3.75. The SMILES string of the molecule is CCOCCOc1cccc(C(=O)NNC(=O)CCC(=O)NCc2ccccc2)c1. The molecule has 0 aliphatic carbocycles. The highest BCUT2D eigenvalue weighted by Crippen LogP contribution is 2.13. The number of rotatable bonds is 11. The minimum atomic E-state index is -0.480. The molecule has 0 fully saturated rings. The Kier molecular flexibility index (Phi) is 9.88. The second kappa shape index (κ2) is 12.9. The number of hydrazine groups is 1. The van der Waals surface area contributed by atoms with E-state index in [2.05, 4.69) is 16.2 Å². The van der Waals surface area contributed by atoms with Gasteiger partial charge in [-0.2, -0.15) is 0 Å². The van der Waals surface area contributed by atoms with E-state index in [1.54, 1.807) is 24.3 Å². The van der Waals surface area contributed by atoms with Gasteiger partial charge in [0.05, 0.1) is 6.61 Å². The number of carbonyl (C=O) groups is 3. The summed E-state index contributed by atoms with van der Waals surface area (Å²) in [6, 6.07) is 16.1. The molecule has 8 nitrogen and oxygen atoms in total. The third kappa shape index (κ3) is 8.74. The van der Waals surface area contributed by atoms with E-state index in [1.807, 2.05) is 37.3 Å². The Morgan fingerprint density at radius 3 is 2.40 bits per heavy atom. The number of amides is 3. The lowest BCUT2D eigenvalue weighted by Crippen LogP contribution is -2.42. The molecule has 0 bridgehead atoms. The van der Waals surface area contributed by atoms with Gasteiger partial charge in [0, 0.05) is 31.6 Å². The van der Waals surface area contributed by atoms with Gasteiger partial charge in [0.25, 0.3) is 5.91 Å². The van der Waals surface area contributed by atoms with Crippen molar-refractivity contribution >= 4 is 17.7 Å². The maximum atomic E-state index is 12.2. The van der Waals surface area contributed by atoms with Crippen LogP contribution in [-0.4, -0.2) is 37.5 Å². The lowest BCUT2D eigenvalue weighted by Gasteiger charge is -2.10. The van der Waals surface area contributed by atoms with Crippen LogP contribution in [0.5, 0.6) is 5.75 Å². The third-order valence-corrected chi connectivity index (χ3v) is 4.02. The molecule has 0 heterocycles. The number of hydrogen-bond acceptors (Lipinski definition) is 5. The summed E-state index contributed by atoms with van der Waals surface area (Å²) < 4.78 is 10.7. The smallest absolute Gasteiger partial charge is 0.269 e. The Bertz CT molecular complexity index is 827. The molecule has 8 heteroatoms. The first-order valence-electron chi connectivity index (χ1n) is 9.79. The largest absolute Gasteiger partial charge is 0.491 e. The lowest BCUT2D eigenvalue weighted by molar-refractivity contribution is -0.126. The normalized spacial score (nSPS) is 10.2. The molecule has 2 rings (SSSR count). The molecular weight excluding hydrogens is 386 g/mol. The minimum Gasteiger partial charge on any atom is -0.491 e. The van der Waals surface area contributed by atoms with Crippen molar-refractivity contribution in [2.45, 2.75) is 26.3 Å². The van der Waals surface area contributed by atoms with Gasteiger partial charge in [-0.25, -0.2) is 0 Å². The van der Waals surface area contributed by atoms with Gasteiger partial charge in [0.2, 0.25) is 11.8 Å². The Balaban J connectivity index is 1.67. The Morgan fingerprint density at radius 1 is 0.867 bits per heavy atom. The number of carbonyl (C=O) groups excluding carboxylic acids is 3. The first-order valence-corrected chi connectivity index (χ1v) is 9.79. The number of ether oxygens (including phenoxy) is 2. The van der Waals surface area contributed by atoms with Crippen LogP contribution in [0, 0.1) is 0 Å². The summed E-state index contributed by atoms with van der Waals surface area (Å²) in [4.78, 5) is 35.9. The molecule has 0 radical (unpaired) electrons. The van der Waals surface area contributed by atoms with Gasteiger partial charge in [-0.3, -0.25) is 25.2 Å². The van der Waals surface area contributed by atoms with Crippen molar-refractivity contribution in [1.82, 2.24) is 16.2 Å². The van der Waals surface area contributed by atoms with Crippen LogP contribution in [0.15, 0.2) is 54.6 Å². The summed E-state index contributed by atoms with van der Waals surface area (Å²) in [5.41, 5.74) is 5.96. The molecule has 0 unspecified atom stereocenters. The summed E-state index contributed by atoms with van der Waals surface area (Å²) in [6.07, 6.45) is -0.0147. The van der Waals surface area contributed by atoms with E-state index in [1.165, 1.54) is 0 Å². The highest BCUT2D eigenvalue weighted by atomic mass is 16.5. The number of nitrogens with one attached hydrogen (secondary N) is 3. The fourth-order valence-electron chi connectivity index (χ4n) is 2.46. The van der Waals surface area contributed by atoms with E-state index in [0.717, 1.165) is 5.56 Å². The van der Waals surface area contributed by atoms with Gasteiger partial charge in [-0.15, -0.1) is 0 Å². The predicted molar refractivity (Wildman–Crippen MR) is 112 cm³/mol. The fraction of sp³-hybridized carbons (Fsp3) is 0.318. The minimum absolute atomic E-state index is 0.0255. The second-order valence-corrected chi connectivity index (χ2v) is 6.34. The molecule has 3 N–H and O–H groups in total. The summed E-state index contributed by atoms with van der Waals surface area (Å²) in [7, 11) is 0. The van der Waals surface area contributed by atoms with Gasteiger partial charge in [-0.05, 0) is 30.7 Å². The van der Waals surface area contributed by atoms with Crippen LogP contribution >= 0.6 is 0 Å². The highest BCUT2D eigenvalue weighted by Gasteiger charge is 2.10. The standard InChI is InChI=1S/C22H27N3O5/c1-2-29-13-14-30-19-10-6-9-18(15-19)22(28)25-24-21(27)12-11-20(26)23-16-17-7-4-3-5-8-17/h3-10,15H,2,11-14,16H2,1H3,(H,23,26)(H,24,27)(H,25,28). The van der Waals surface area contributed by atoms with Crippen LogP contribution in [0.2, 0.25) is 0 Å². The van der Waals surface area contributed by atoms with Crippen molar-refractivity contribution in [2.75, 3.05) is 19.8 Å². The van der Waals surface area contributed by atoms with E-state index in [0.29, 0.717) is 37.7 Å². The van der Waals surface area contributed by atoms with Crippen LogP contribution in [-0.2, 0) is 20.9 Å². The molecule has 160 valence electrons. The topological polar surface area (TPSA) is 106 Å². The molecule has 0 saturated heterocycles. The van der Waals surface area contributed by atoms with Crippen molar-refractivity contribution in [2.24, 2.45) is 0 Å². The summed E-state index contributed by atoms with van der Waals surface area (Å²) in [5.74, 6) is -0.643. The van der Waals surface area contributed by atoms with Crippen molar-refractivity contribution in [3.05, 3.63) is 65.7 Å². The van der Waals surface area contributed by atoms with E-state index >= 15 is 0 Å². The van der Waals surface area contributed by atoms with Crippen molar-refractivity contribution in [3.63, 3.8) is 0 Å². The predicted octanol–water partition coefficient (Wildman–Crippen LogP) is 1.96. The lowest BCUT2D eigenvalue weighted by atomic mass is 10.2. The number of hydrogen-bond donors (Lipinski definition) is 3. The molecule has 0 aliphatic rings. The zero-order valence-electron chi connectivity index (χ0n) is 17.0. The highest BCUT2D eigenvalue weighted by molar-refractivity contribution is 5.96. The molecule has 2 aromatic carbocycles. The fourth-order valence-corrected chi connectivity index (χ4v) is 2.46. The van der Waals surface area contributed by atoms with E-state index in [-0.39, 0.29) is 18.7 Å². The molecule has 0 aliphatic heterocycles. The van der Waals surface area contributed by atoms with Crippen LogP contribution in [0.3, 0.4) is 0 Å². The quantitative estimate of drug-likeness (QED) is 0.386. The van der Waals surface area contributed by atoms with Gasteiger partial charge in [0.1, 0.15) is 12.4 Å². The van der Waals surface area contributed by atoms with Crippen LogP contribution < -0.4 is 20.9 Å². The van der Waals surface area contributed by atoms with Crippen LogP contribution in [0.4, 0.5) is 0 Å². The van der Waals surface area contributed by atoms with Crippen LogP contribution in [0.25, 0.3) is 0 Å². The Labute approximate surface area is 175 Å². The maximum absolute atomic E-state index is 12.2. The molecule has 30 heavy (non-hydrogen) atoms. The van der Waals surface area contributed by atoms with Crippen molar-refractivity contribution in [3.8, 4) is 5.75 Å². The Hall–Kier alpha value is -3.39. The molecule has 0 atom stereocenters.